The lowest BCUT2D eigenvalue weighted by Gasteiger charge is -2.05. The van der Waals surface area contributed by atoms with E-state index < -0.39 is 0 Å². The zero-order chi connectivity index (χ0) is 17.6. The van der Waals surface area contributed by atoms with E-state index in [-0.39, 0.29) is 5.75 Å². The van der Waals surface area contributed by atoms with Crippen LogP contribution in [-0.2, 0) is 6.54 Å². The fourth-order valence-electron chi connectivity index (χ4n) is 2.55. The predicted octanol–water partition coefficient (Wildman–Crippen LogP) is 4.24. The van der Waals surface area contributed by atoms with Crippen molar-refractivity contribution in [1.82, 2.24) is 14.8 Å². The molecule has 1 N–H and O–H groups in total. The van der Waals surface area contributed by atoms with Crippen LogP contribution in [0.1, 0.15) is 24.7 Å². The molecule has 0 aliphatic rings. The number of methoxy groups -OCH3 is 1. The number of ether oxygens (including phenoxy) is 1. The second kappa shape index (κ2) is 7.66. The smallest absolute Gasteiger partial charge is 0.174 e. The Morgan fingerprint density at radius 1 is 1.08 bits per heavy atom. The van der Waals surface area contributed by atoms with Crippen LogP contribution in [-0.4, -0.2) is 27.0 Å². The largest absolute Gasteiger partial charge is 0.507 e. The highest BCUT2D eigenvalue weighted by Gasteiger charge is 2.13. The van der Waals surface area contributed by atoms with Gasteiger partial charge in [0, 0.05) is 6.54 Å². The van der Waals surface area contributed by atoms with Crippen molar-refractivity contribution in [3.05, 3.63) is 59.9 Å². The SMILES string of the molecule is CCCn1nc(/C=C/c2ccc(OC)cc2)nc1-c1ccccc1O. The molecular weight excluding hydrogens is 314 g/mol. The molecule has 25 heavy (non-hydrogen) atoms. The van der Waals surface area contributed by atoms with Gasteiger partial charge < -0.3 is 9.84 Å². The standard InChI is InChI=1S/C20H21N3O2/c1-3-14-23-20(17-6-4-5-7-18(17)24)21-19(22-23)13-10-15-8-11-16(25-2)12-9-15/h4-13,24H,3,14H2,1-2H3/b13-10+. The Labute approximate surface area is 147 Å². The molecule has 1 aromatic heterocycles. The minimum absolute atomic E-state index is 0.206. The average Bonchev–Trinajstić information content (AvgIpc) is 3.04. The van der Waals surface area contributed by atoms with Gasteiger partial charge in [0.2, 0.25) is 0 Å². The van der Waals surface area contributed by atoms with E-state index in [2.05, 4.69) is 17.0 Å². The van der Waals surface area contributed by atoms with Gasteiger partial charge in [-0.15, -0.1) is 0 Å². The molecule has 0 atom stereocenters. The van der Waals surface area contributed by atoms with Crippen molar-refractivity contribution in [3.8, 4) is 22.9 Å². The first-order valence-electron chi connectivity index (χ1n) is 8.26. The van der Waals surface area contributed by atoms with Crippen molar-refractivity contribution in [1.29, 1.82) is 0 Å². The molecule has 0 radical (unpaired) electrons. The number of hydrogen-bond acceptors (Lipinski definition) is 4. The fraction of sp³-hybridized carbons (Fsp3) is 0.200. The maximum atomic E-state index is 10.1. The zero-order valence-corrected chi connectivity index (χ0v) is 14.4. The highest BCUT2D eigenvalue weighted by atomic mass is 16.5. The summed E-state index contributed by atoms with van der Waals surface area (Å²) in [6.45, 7) is 2.83. The van der Waals surface area contributed by atoms with Crippen LogP contribution in [0.15, 0.2) is 48.5 Å². The number of para-hydroxylation sites is 1. The number of nitrogens with zero attached hydrogens (tertiary/aromatic N) is 3. The molecule has 0 aliphatic heterocycles. The number of benzene rings is 2. The highest BCUT2D eigenvalue weighted by Crippen LogP contribution is 2.27. The number of aromatic nitrogens is 3. The van der Waals surface area contributed by atoms with Gasteiger partial charge in [-0.2, -0.15) is 5.10 Å². The van der Waals surface area contributed by atoms with Crippen LogP contribution in [0, 0.1) is 0 Å². The van der Waals surface area contributed by atoms with Gasteiger partial charge in [-0.25, -0.2) is 9.67 Å². The van der Waals surface area contributed by atoms with Crippen molar-refractivity contribution in [2.75, 3.05) is 7.11 Å². The van der Waals surface area contributed by atoms with Crippen LogP contribution >= 0.6 is 0 Å². The molecule has 128 valence electrons. The molecule has 0 bridgehead atoms. The minimum atomic E-state index is 0.206. The summed E-state index contributed by atoms with van der Waals surface area (Å²) in [6.07, 6.45) is 4.77. The Kier molecular flexibility index (Phi) is 5.14. The number of rotatable bonds is 6. The van der Waals surface area contributed by atoms with Crippen molar-refractivity contribution in [3.63, 3.8) is 0 Å². The van der Waals surface area contributed by atoms with Crippen molar-refractivity contribution in [2.24, 2.45) is 0 Å². The predicted molar refractivity (Wildman–Crippen MR) is 99.3 cm³/mol. The fourth-order valence-corrected chi connectivity index (χ4v) is 2.55. The normalized spacial score (nSPS) is 11.1. The Morgan fingerprint density at radius 2 is 1.84 bits per heavy atom. The van der Waals surface area contributed by atoms with Gasteiger partial charge in [-0.05, 0) is 42.3 Å². The van der Waals surface area contributed by atoms with Gasteiger partial charge in [0.05, 0.1) is 12.7 Å². The third-order valence-corrected chi connectivity index (χ3v) is 3.81. The summed E-state index contributed by atoms with van der Waals surface area (Å²) < 4.78 is 7.00. The summed E-state index contributed by atoms with van der Waals surface area (Å²) in [5.41, 5.74) is 1.73. The first-order valence-corrected chi connectivity index (χ1v) is 8.26. The quantitative estimate of drug-likeness (QED) is 0.732. The lowest BCUT2D eigenvalue weighted by Crippen LogP contribution is -2.01. The molecule has 0 aliphatic carbocycles. The van der Waals surface area contributed by atoms with Gasteiger partial charge in [0.15, 0.2) is 11.6 Å². The number of phenols is 1. The van der Waals surface area contributed by atoms with Gasteiger partial charge in [-0.3, -0.25) is 0 Å². The lowest BCUT2D eigenvalue weighted by atomic mass is 10.2. The van der Waals surface area contributed by atoms with E-state index in [9.17, 15) is 5.11 Å². The van der Waals surface area contributed by atoms with E-state index in [0.717, 1.165) is 24.3 Å². The molecule has 2 aromatic carbocycles. The second-order valence-corrected chi connectivity index (χ2v) is 5.64. The number of aryl methyl sites for hydroxylation is 1. The van der Waals surface area contributed by atoms with Crippen LogP contribution in [0.5, 0.6) is 11.5 Å². The highest BCUT2D eigenvalue weighted by molar-refractivity contribution is 5.69. The summed E-state index contributed by atoms with van der Waals surface area (Å²) in [5.74, 6) is 2.32. The molecule has 0 spiro atoms. The Morgan fingerprint density at radius 3 is 2.52 bits per heavy atom. The third kappa shape index (κ3) is 3.88. The molecule has 0 amide bonds. The number of aromatic hydroxyl groups is 1. The summed E-state index contributed by atoms with van der Waals surface area (Å²) in [4.78, 5) is 4.59. The second-order valence-electron chi connectivity index (χ2n) is 5.64. The molecule has 0 unspecified atom stereocenters. The van der Waals surface area contributed by atoms with Crippen molar-refractivity contribution in [2.45, 2.75) is 19.9 Å². The average molecular weight is 335 g/mol. The maximum Gasteiger partial charge on any atom is 0.174 e. The molecule has 0 saturated heterocycles. The van der Waals surface area contributed by atoms with Crippen molar-refractivity contribution < 1.29 is 9.84 Å². The maximum absolute atomic E-state index is 10.1. The Bertz CT molecular complexity index is 867. The summed E-state index contributed by atoms with van der Waals surface area (Å²) >= 11 is 0. The summed E-state index contributed by atoms with van der Waals surface area (Å²) in [7, 11) is 1.65. The van der Waals surface area contributed by atoms with Crippen LogP contribution in [0.2, 0.25) is 0 Å². The third-order valence-electron chi connectivity index (χ3n) is 3.81. The van der Waals surface area contributed by atoms with Crippen LogP contribution in [0.25, 0.3) is 23.5 Å². The molecule has 1 heterocycles. The Hall–Kier alpha value is -3.08. The molecule has 5 heteroatoms. The van der Waals surface area contributed by atoms with Gasteiger partial charge in [-0.1, -0.05) is 37.3 Å². The molecule has 5 nitrogen and oxygen atoms in total. The molecule has 3 rings (SSSR count). The summed E-state index contributed by atoms with van der Waals surface area (Å²) in [5, 5.41) is 14.7. The first-order chi connectivity index (χ1) is 12.2. The number of hydrogen-bond donors (Lipinski definition) is 1. The summed E-state index contributed by atoms with van der Waals surface area (Å²) in [6, 6.07) is 15.0. The first kappa shape index (κ1) is 16.8. The van der Waals surface area contributed by atoms with Crippen LogP contribution < -0.4 is 4.74 Å². The molecular formula is C20H21N3O2. The van der Waals surface area contributed by atoms with Gasteiger partial charge in [0.1, 0.15) is 11.5 Å². The van der Waals surface area contributed by atoms with Gasteiger partial charge in [0.25, 0.3) is 0 Å². The van der Waals surface area contributed by atoms with Gasteiger partial charge >= 0.3 is 0 Å². The topological polar surface area (TPSA) is 60.2 Å². The van der Waals surface area contributed by atoms with E-state index in [0.29, 0.717) is 17.2 Å². The van der Waals surface area contributed by atoms with E-state index in [1.54, 1.807) is 19.2 Å². The Balaban J connectivity index is 1.90. The minimum Gasteiger partial charge on any atom is -0.507 e. The van der Waals surface area contributed by atoms with E-state index in [1.807, 2.05) is 53.2 Å². The zero-order valence-electron chi connectivity index (χ0n) is 14.4. The van der Waals surface area contributed by atoms with E-state index in [4.69, 9.17) is 4.74 Å². The van der Waals surface area contributed by atoms with E-state index >= 15 is 0 Å². The molecule has 0 saturated carbocycles. The monoisotopic (exact) mass is 335 g/mol. The molecule has 3 aromatic rings. The molecule has 0 fully saturated rings. The number of phenolic OH excluding ortho intramolecular Hbond substituents is 1. The van der Waals surface area contributed by atoms with Crippen molar-refractivity contribution >= 4 is 12.2 Å². The van der Waals surface area contributed by atoms with Crippen LogP contribution in [0.3, 0.4) is 0 Å². The van der Waals surface area contributed by atoms with E-state index in [1.165, 1.54) is 0 Å². The lowest BCUT2D eigenvalue weighted by molar-refractivity contribution is 0.415. The van der Waals surface area contributed by atoms with Crippen LogP contribution in [0.4, 0.5) is 0 Å².